The molecule has 0 aromatic heterocycles. The molecule has 1 aromatic rings. The van der Waals surface area contributed by atoms with E-state index in [1.165, 1.54) is 0 Å². The molecule has 1 aromatic carbocycles. The van der Waals surface area contributed by atoms with Gasteiger partial charge in [-0.25, -0.2) is 0 Å². The number of rotatable bonds is 5. The van der Waals surface area contributed by atoms with E-state index in [2.05, 4.69) is 24.7 Å². The van der Waals surface area contributed by atoms with E-state index in [0.29, 0.717) is 17.9 Å². The van der Waals surface area contributed by atoms with Crippen LogP contribution in [0.3, 0.4) is 0 Å². The molecule has 5 heteroatoms. The van der Waals surface area contributed by atoms with Crippen molar-refractivity contribution in [2.45, 2.75) is 26.7 Å². The highest BCUT2D eigenvalue weighted by Crippen LogP contribution is 2.13. The van der Waals surface area contributed by atoms with Gasteiger partial charge in [0, 0.05) is 31.8 Å². The molecular formula is C15H23N3O2. The minimum Gasteiger partial charge on any atom is -0.378 e. The molecule has 2 amide bonds. The van der Waals surface area contributed by atoms with Crippen LogP contribution in [0.2, 0.25) is 0 Å². The predicted molar refractivity (Wildman–Crippen MR) is 80.4 cm³/mol. The maximum absolute atomic E-state index is 11.9. The van der Waals surface area contributed by atoms with E-state index in [0.717, 1.165) is 12.1 Å². The lowest BCUT2D eigenvalue weighted by Gasteiger charge is -2.13. The Morgan fingerprint density at radius 2 is 1.90 bits per heavy atom. The number of anilines is 1. The smallest absolute Gasteiger partial charge is 0.269 e. The molecule has 0 spiro atoms. The van der Waals surface area contributed by atoms with Gasteiger partial charge in [0.2, 0.25) is 5.91 Å². The second-order valence-electron chi connectivity index (χ2n) is 5.38. The zero-order valence-electron chi connectivity index (χ0n) is 12.6. The van der Waals surface area contributed by atoms with Crippen LogP contribution in [0, 0.1) is 5.92 Å². The number of hydrogen-bond donors (Lipinski definition) is 2. The summed E-state index contributed by atoms with van der Waals surface area (Å²) in [5.74, 6) is -0.0179. The van der Waals surface area contributed by atoms with Gasteiger partial charge in [-0.1, -0.05) is 19.9 Å². The number of hydrazine groups is 1. The highest BCUT2D eigenvalue weighted by atomic mass is 16.2. The van der Waals surface area contributed by atoms with Gasteiger partial charge < -0.3 is 4.90 Å². The molecule has 1 rings (SSSR count). The van der Waals surface area contributed by atoms with E-state index in [9.17, 15) is 9.59 Å². The second-order valence-corrected chi connectivity index (χ2v) is 5.38. The van der Waals surface area contributed by atoms with Crippen LogP contribution >= 0.6 is 0 Å². The maximum atomic E-state index is 11.9. The number of nitrogens with zero attached hydrogens (tertiary/aromatic N) is 1. The third-order valence-electron chi connectivity index (χ3n) is 2.89. The first-order valence-electron chi connectivity index (χ1n) is 6.76. The van der Waals surface area contributed by atoms with E-state index in [1.807, 2.05) is 31.1 Å². The van der Waals surface area contributed by atoms with Gasteiger partial charge in [-0.05, 0) is 30.5 Å². The quantitative estimate of drug-likeness (QED) is 0.809. The van der Waals surface area contributed by atoms with Crippen molar-refractivity contribution in [1.29, 1.82) is 0 Å². The van der Waals surface area contributed by atoms with Crippen LogP contribution in [0.15, 0.2) is 24.3 Å². The number of nitrogens with one attached hydrogen (secondary N) is 2. The Hall–Kier alpha value is -2.04. The molecule has 0 fully saturated rings. The summed E-state index contributed by atoms with van der Waals surface area (Å²) in [7, 11) is 3.81. The third-order valence-corrected chi connectivity index (χ3v) is 2.89. The number of benzene rings is 1. The van der Waals surface area contributed by atoms with Crippen molar-refractivity contribution in [3.63, 3.8) is 0 Å². The zero-order valence-corrected chi connectivity index (χ0v) is 12.6. The lowest BCUT2D eigenvalue weighted by Crippen LogP contribution is -2.41. The summed E-state index contributed by atoms with van der Waals surface area (Å²) in [5.41, 5.74) is 6.31. The molecule has 2 N–H and O–H groups in total. The fourth-order valence-electron chi connectivity index (χ4n) is 1.61. The summed E-state index contributed by atoms with van der Waals surface area (Å²) in [6, 6.07) is 7.21. The van der Waals surface area contributed by atoms with Crippen LogP contribution < -0.4 is 15.8 Å². The Morgan fingerprint density at radius 3 is 2.50 bits per heavy atom. The average Bonchev–Trinajstić information content (AvgIpc) is 2.42. The first kappa shape index (κ1) is 16.0. The first-order chi connectivity index (χ1) is 9.40. The van der Waals surface area contributed by atoms with Gasteiger partial charge in [-0.2, -0.15) is 0 Å². The summed E-state index contributed by atoms with van der Waals surface area (Å²) >= 11 is 0. The molecule has 0 bridgehead atoms. The molecule has 0 saturated heterocycles. The van der Waals surface area contributed by atoms with E-state index < -0.39 is 0 Å². The van der Waals surface area contributed by atoms with Crippen LogP contribution in [0.1, 0.15) is 37.0 Å². The van der Waals surface area contributed by atoms with Gasteiger partial charge in [-0.15, -0.1) is 0 Å². The molecule has 20 heavy (non-hydrogen) atoms. The third kappa shape index (κ3) is 5.30. The molecule has 0 aliphatic carbocycles. The summed E-state index contributed by atoms with van der Waals surface area (Å²) in [4.78, 5) is 25.4. The lowest BCUT2D eigenvalue weighted by atomic mass is 10.1. The Bertz CT molecular complexity index is 470. The van der Waals surface area contributed by atoms with Crippen molar-refractivity contribution in [3.05, 3.63) is 29.8 Å². The highest BCUT2D eigenvalue weighted by molar-refractivity contribution is 5.96. The van der Waals surface area contributed by atoms with Gasteiger partial charge in [0.1, 0.15) is 0 Å². The zero-order chi connectivity index (χ0) is 15.1. The van der Waals surface area contributed by atoms with Crippen molar-refractivity contribution < 1.29 is 9.59 Å². The van der Waals surface area contributed by atoms with Crippen LogP contribution in [0.4, 0.5) is 5.69 Å². The molecular weight excluding hydrogens is 254 g/mol. The Balaban J connectivity index is 2.50. The molecule has 110 valence electrons. The van der Waals surface area contributed by atoms with Crippen LogP contribution in [0.5, 0.6) is 0 Å². The van der Waals surface area contributed by atoms with Gasteiger partial charge in [0.15, 0.2) is 0 Å². The fraction of sp³-hybridized carbons (Fsp3) is 0.467. The van der Waals surface area contributed by atoms with E-state index in [-0.39, 0.29) is 11.8 Å². The molecule has 0 unspecified atom stereocenters. The van der Waals surface area contributed by atoms with Crippen molar-refractivity contribution in [1.82, 2.24) is 10.9 Å². The summed E-state index contributed by atoms with van der Waals surface area (Å²) in [5, 5.41) is 0. The number of carbonyl (C=O) groups excluding carboxylic acids is 2. The van der Waals surface area contributed by atoms with Crippen molar-refractivity contribution in [3.8, 4) is 0 Å². The van der Waals surface area contributed by atoms with Crippen LogP contribution in [-0.4, -0.2) is 25.9 Å². The Labute approximate surface area is 120 Å². The van der Waals surface area contributed by atoms with Gasteiger partial charge >= 0.3 is 0 Å². The molecule has 0 heterocycles. The Kier molecular flexibility index (Phi) is 6.03. The summed E-state index contributed by atoms with van der Waals surface area (Å²) in [6.45, 7) is 4.11. The second kappa shape index (κ2) is 7.53. The predicted octanol–water partition coefficient (Wildman–Crippen LogP) is 1.95. The highest BCUT2D eigenvalue weighted by Gasteiger charge is 2.09. The number of hydrogen-bond acceptors (Lipinski definition) is 3. The monoisotopic (exact) mass is 277 g/mol. The lowest BCUT2D eigenvalue weighted by molar-refractivity contribution is -0.122. The van der Waals surface area contributed by atoms with Crippen LogP contribution in [0.25, 0.3) is 0 Å². The molecule has 0 atom stereocenters. The minimum atomic E-state index is -0.313. The van der Waals surface area contributed by atoms with Gasteiger partial charge in [0.25, 0.3) is 5.91 Å². The molecule has 0 aliphatic heterocycles. The van der Waals surface area contributed by atoms with Crippen molar-refractivity contribution >= 4 is 17.5 Å². The topological polar surface area (TPSA) is 61.4 Å². The minimum absolute atomic E-state index is 0.171. The molecule has 0 saturated carbocycles. The molecule has 0 aliphatic rings. The standard InChI is InChI=1S/C15H23N3O2/c1-11(2)8-9-14(19)16-17-15(20)12-6-5-7-13(10-12)18(3)4/h5-7,10-11H,8-9H2,1-4H3,(H,16,19)(H,17,20). The van der Waals surface area contributed by atoms with E-state index in [4.69, 9.17) is 0 Å². The van der Waals surface area contributed by atoms with Crippen LogP contribution in [-0.2, 0) is 4.79 Å². The van der Waals surface area contributed by atoms with E-state index in [1.54, 1.807) is 12.1 Å². The molecule has 5 nitrogen and oxygen atoms in total. The largest absolute Gasteiger partial charge is 0.378 e. The molecule has 0 radical (unpaired) electrons. The van der Waals surface area contributed by atoms with Crippen molar-refractivity contribution in [2.24, 2.45) is 5.92 Å². The maximum Gasteiger partial charge on any atom is 0.269 e. The number of carbonyl (C=O) groups is 2. The summed E-state index contributed by atoms with van der Waals surface area (Å²) < 4.78 is 0. The summed E-state index contributed by atoms with van der Waals surface area (Å²) in [6.07, 6.45) is 1.22. The van der Waals surface area contributed by atoms with Gasteiger partial charge in [0.05, 0.1) is 0 Å². The Morgan fingerprint density at radius 1 is 1.20 bits per heavy atom. The first-order valence-corrected chi connectivity index (χ1v) is 6.76. The fourth-order valence-corrected chi connectivity index (χ4v) is 1.61. The van der Waals surface area contributed by atoms with E-state index >= 15 is 0 Å². The average molecular weight is 277 g/mol. The van der Waals surface area contributed by atoms with Crippen molar-refractivity contribution in [2.75, 3.05) is 19.0 Å². The normalized spacial score (nSPS) is 10.2. The SMILES string of the molecule is CC(C)CCC(=O)NNC(=O)c1cccc(N(C)C)c1. The van der Waals surface area contributed by atoms with Gasteiger partial charge in [-0.3, -0.25) is 20.4 Å². The number of amides is 2.